The van der Waals surface area contributed by atoms with E-state index in [0.29, 0.717) is 31.7 Å². The van der Waals surface area contributed by atoms with Crippen molar-refractivity contribution in [3.8, 4) is 0 Å². The lowest BCUT2D eigenvalue weighted by Gasteiger charge is -2.24. The lowest BCUT2D eigenvalue weighted by molar-refractivity contribution is -0.125. The van der Waals surface area contributed by atoms with E-state index in [2.05, 4.69) is 29.6 Å². The Bertz CT molecular complexity index is 801. The third-order valence-corrected chi connectivity index (χ3v) is 4.89. The van der Waals surface area contributed by atoms with E-state index in [9.17, 15) is 9.59 Å². The van der Waals surface area contributed by atoms with Crippen molar-refractivity contribution < 1.29 is 14.3 Å². The van der Waals surface area contributed by atoms with Gasteiger partial charge in [0.2, 0.25) is 5.91 Å². The number of methoxy groups -OCH3 is 1. The maximum atomic E-state index is 12.9. The number of nitrogens with zero attached hydrogens (tertiary/aromatic N) is 1. The minimum Gasteiger partial charge on any atom is -0.385 e. The molecule has 27 heavy (non-hydrogen) atoms. The van der Waals surface area contributed by atoms with Crippen LogP contribution in [-0.2, 0) is 16.0 Å². The first-order valence-corrected chi connectivity index (χ1v) is 9.34. The van der Waals surface area contributed by atoms with Crippen molar-refractivity contribution in [2.45, 2.75) is 25.8 Å². The number of benzene rings is 2. The van der Waals surface area contributed by atoms with Gasteiger partial charge in [-0.3, -0.25) is 9.59 Å². The topological polar surface area (TPSA) is 58.6 Å². The summed E-state index contributed by atoms with van der Waals surface area (Å²) in [6, 6.07) is 15.1. The van der Waals surface area contributed by atoms with Gasteiger partial charge in [-0.25, -0.2) is 0 Å². The fourth-order valence-corrected chi connectivity index (χ4v) is 3.41. The molecule has 0 saturated carbocycles. The van der Waals surface area contributed by atoms with E-state index in [4.69, 9.17) is 4.74 Å². The molecule has 1 heterocycles. The number of carbonyl (C=O) groups excluding carboxylic acids is 2. The Labute approximate surface area is 160 Å². The number of rotatable bonds is 8. The van der Waals surface area contributed by atoms with E-state index >= 15 is 0 Å². The molecule has 2 aromatic rings. The summed E-state index contributed by atoms with van der Waals surface area (Å²) >= 11 is 0. The number of carbonyl (C=O) groups is 2. The van der Waals surface area contributed by atoms with Crippen LogP contribution in [0.3, 0.4) is 0 Å². The molecule has 2 amide bonds. The van der Waals surface area contributed by atoms with Crippen molar-refractivity contribution >= 4 is 11.8 Å². The SMILES string of the molecule is COCCCNC(=O)[C@H]1c2ccccc2C(=O)N1CCc1ccc(C)cc1. The molecular weight excluding hydrogens is 340 g/mol. The maximum Gasteiger partial charge on any atom is 0.255 e. The highest BCUT2D eigenvalue weighted by atomic mass is 16.5. The molecule has 5 nitrogen and oxygen atoms in total. The number of amides is 2. The van der Waals surface area contributed by atoms with Gasteiger partial charge in [0.25, 0.3) is 5.91 Å². The Morgan fingerprint density at radius 2 is 1.89 bits per heavy atom. The normalized spacial score (nSPS) is 15.7. The zero-order valence-corrected chi connectivity index (χ0v) is 15.9. The van der Waals surface area contributed by atoms with E-state index in [0.717, 1.165) is 17.5 Å². The Morgan fingerprint density at radius 3 is 2.63 bits per heavy atom. The van der Waals surface area contributed by atoms with Crippen LogP contribution in [0.5, 0.6) is 0 Å². The molecule has 0 aliphatic carbocycles. The standard InChI is InChI=1S/C22H26N2O3/c1-16-8-10-17(11-9-16)12-14-24-20(21(25)23-13-5-15-27-2)18-6-3-4-7-19(18)22(24)26/h3-4,6-11,20H,5,12-15H2,1-2H3,(H,23,25)/t20-/m1/s1. The average Bonchev–Trinajstić information content (AvgIpc) is 2.97. The van der Waals surface area contributed by atoms with Crippen LogP contribution in [-0.4, -0.2) is 43.5 Å². The molecule has 142 valence electrons. The lowest BCUT2D eigenvalue weighted by atomic mass is 10.0. The highest BCUT2D eigenvalue weighted by molar-refractivity contribution is 6.04. The second-order valence-electron chi connectivity index (χ2n) is 6.86. The van der Waals surface area contributed by atoms with Crippen LogP contribution in [0, 0.1) is 6.92 Å². The van der Waals surface area contributed by atoms with Crippen LogP contribution in [0.1, 0.15) is 39.5 Å². The molecule has 1 N–H and O–H groups in total. The second-order valence-corrected chi connectivity index (χ2v) is 6.86. The smallest absolute Gasteiger partial charge is 0.255 e. The van der Waals surface area contributed by atoms with Crippen molar-refractivity contribution in [2.75, 3.05) is 26.8 Å². The van der Waals surface area contributed by atoms with Gasteiger partial charge in [-0.05, 0) is 37.0 Å². The summed E-state index contributed by atoms with van der Waals surface area (Å²) in [7, 11) is 1.64. The number of aryl methyl sites for hydroxylation is 1. The molecule has 0 bridgehead atoms. The van der Waals surface area contributed by atoms with Crippen LogP contribution in [0.4, 0.5) is 0 Å². The van der Waals surface area contributed by atoms with Gasteiger partial charge in [0.15, 0.2) is 0 Å². The Kier molecular flexibility index (Phi) is 6.24. The van der Waals surface area contributed by atoms with Gasteiger partial charge in [-0.1, -0.05) is 48.0 Å². The van der Waals surface area contributed by atoms with E-state index in [1.807, 2.05) is 25.1 Å². The summed E-state index contributed by atoms with van der Waals surface area (Å²) in [5.41, 5.74) is 3.77. The van der Waals surface area contributed by atoms with Gasteiger partial charge < -0.3 is 15.0 Å². The van der Waals surface area contributed by atoms with Crippen molar-refractivity contribution in [1.29, 1.82) is 0 Å². The van der Waals surface area contributed by atoms with Crippen LogP contribution < -0.4 is 5.32 Å². The average molecular weight is 366 g/mol. The monoisotopic (exact) mass is 366 g/mol. The van der Waals surface area contributed by atoms with Crippen LogP contribution in [0.15, 0.2) is 48.5 Å². The molecule has 5 heteroatoms. The van der Waals surface area contributed by atoms with Crippen LogP contribution >= 0.6 is 0 Å². The largest absolute Gasteiger partial charge is 0.385 e. The molecule has 0 aromatic heterocycles. The van der Waals surface area contributed by atoms with Gasteiger partial charge in [-0.15, -0.1) is 0 Å². The number of nitrogens with one attached hydrogen (secondary N) is 1. The molecule has 3 rings (SSSR count). The Hall–Kier alpha value is -2.66. The van der Waals surface area contributed by atoms with Crippen molar-refractivity contribution in [3.05, 3.63) is 70.8 Å². The Balaban J connectivity index is 1.74. The molecule has 0 fully saturated rings. The first-order valence-electron chi connectivity index (χ1n) is 9.34. The predicted molar refractivity (Wildman–Crippen MR) is 105 cm³/mol. The van der Waals surface area contributed by atoms with Crippen molar-refractivity contribution in [2.24, 2.45) is 0 Å². The number of hydrogen-bond acceptors (Lipinski definition) is 3. The van der Waals surface area contributed by atoms with Gasteiger partial charge in [0.05, 0.1) is 0 Å². The highest BCUT2D eigenvalue weighted by Gasteiger charge is 2.40. The minimum absolute atomic E-state index is 0.0743. The number of fused-ring (bicyclic) bond motifs is 1. The molecular formula is C22H26N2O3. The molecule has 1 aliphatic heterocycles. The van der Waals surface area contributed by atoms with E-state index in [-0.39, 0.29) is 11.8 Å². The second kappa shape index (κ2) is 8.82. The summed E-state index contributed by atoms with van der Waals surface area (Å²) in [5, 5.41) is 2.94. The van der Waals surface area contributed by atoms with E-state index in [1.165, 1.54) is 5.56 Å². The molecule has 0 spiro atoms. The molecule has 0 saturated heterocycles. The quantitative estimate of drug-likeness (QED) is 0.731. The van der Waals surface area contributed by atoms with Crippen molar-refractivity contribution in [1.82, 2.24) is 10.2 Å². The predicted octanol–water partition coefficient (Wildman–Crippen LogP) is 2.89. The van der Waals surface area contributed by atoms with E-state index < -0.39 is 6.04 Å². The molecule has 1 aliphatic rings. The van der Waals surface area contributed by atoms with Gasteiger partial charge in [0.1, 0.15) is 6.04 Å². The van der Waals surface area contributed by atoms with Gasteiger partial charge >= 0.3 is 0 Å². The summed E-state index contributed by atoms with van der Waals surface area (Å²) in [4.78, 5) is 27.4. The highest BCUT2D eigenvalue weighted by Crippen LogP contribution is 2.33. The number of hydrogen-bond donors (Lipinski definition) is 1. The molecule has 0 radical (unpaired) electrons. The van der Waals surface area contributed by atoms with Crippen molar-refractivity contribution in [3.63, 3.8) is 0 Å². The van der Waals surface area contributed by atoms with Crippen LogP contribution in [0.2, 0.25) is 0 Å². The molecule has 1 atom stereocenters. The fraction of sp³-hybridized carbons (Fsp3) is 0.364. The van der Waals surface area contributed by atoms with Gasteiger partial charge in [-0.2, -0.15) is 0 Å². The number of ether oxygens (including phenoxy) is 1. The first-order chi connectivity index (χ1) is 13.1. The fourth-order valence-electron chi connectivity index (χ4n) is 3.41. The third-order valence-electron chi connectivity index (χ3n) is 4.89. The van der Waals surface area contributed by atoms with E-state index in [1.54, 1.807) is 18.1 Å². The molecule has 2 aromatic carbocycles. The third kappa shape index (κ3) is 4.37. The van der Waals surface area contributed by atoms with Gasteiger partial charge in [0, 0.05) is 32.4 Å². The Morgan fingerprint density at radius 1 is 1.15 bits per heavy atom. The summed E-state index contributed by atoms with van der Waals surface area (Å²) in [6.07, 6.45) is 1.46. The zero-order chi connectivity index (χ0) is 19.2. The maximum absolute atomic E-state index is 12.9. The minimum atomic E-state index is -0.568. The summed E-state index contributed by atoms with van der Waals surface area (Å²) in [5.74, 6) is -0.205. The molecule has 0 unspecified atom stereocenters. The summed E-state index contributed by atoms with van der Waals surface area (Å²) in [6.45, 7) is 3.68. The lowest BCUT2D eigenvalue weighted by Crippen LogP contribution is -2.40. The summed E-state index contributed by atoms with van der Waals surface area (Å²) < 4.78 is 5.02. The zero-order valence-electron chi connectivity index (χ0n) is 15.9. The van der Waals surface area contributed by atoms with Crippen LogP contribution in [0.25, 0.3) is 0 Å². The first kappa shape index (κ1) is 19.1.